The van der Waals surface area contributed by atoms with Crippen LogP contribution in [0.5, 0.6) is 0 Å². The van der Waals surface area contributed by atoms with Crippen molar-refractivity contribution in [1.82, 2.24) is 15.1 Å². The van der Waals surface area contributed by atoms with E-state index in [1.807, 2.05) is 13.8 Å². The summed E-state index contributed by atoms with van der Waals surface area (Å²) in [5.74, 6) is 0.442. The van der Waals surface area contributed by atoms with E-state index < -0.39 is 0 Å². The van der Waals surface area contributed by atoms with Crippen LogP contribution in [0.1, 0.15) is 26.7 Å². The van der Waals surface area contributed by atoms with E-state index in [9.17, 15) is 10.2 Å². The highest BCUT2D eigenvalue weighted by Gasteiger charge is 2.20. The maximum absolute atomic E-state index is 9.29. The molecule has 1 unspecified atom stereocenters. The Balaban J connectivity index is 2.73. The molecule has 0 saturated carbocycles. The summed E-state index contributed by atoms with van der Waals surface area (Å²) in [7, 11) is 0. The van der Waals surface area contributed by atoms with E-state index in [-0.39, 0.29) is 19.8 Å². The second-order valence-corrected chi connectivity index (χ2v) is 4.03. The Morgan fingerprint density at radius 1 is 1.22 bits per heavy atom. The molecule has 0 amide bonds. The Morgan fingerprint density at radius 2 is 1.94 bits per heavy atom. The van der Waals surface area contributed by atoms with Crippen molar-refractivity contribution in [2.45, 2.75) is 33.0 Å². The third-order valence-corrected chi connectivity index (χ3v) is 2.57. The van der Waals surface area contributed by atoms with Crippen LogP contribution in [0.15, 0.2) is 9.98 Å². The molecule has 1 atom stereocenters. The van der Waals surface area contributed by atoms with E-state index in [0.717, 1.165) is 19.4 Å². The van der Waals surface area contributed by atoms with Crippen molar-refractivity contribution < 1.29 is 10.2 Å². The quantitative estimate of drug-likeness (QED) is 0.533. The van der Waals surface area contributed by atoms with Crippen LogP contribution in [0.4, 0.5) is 0 Å². The van der Waals surface area contributed by atoms with Gasteiger partial charge in [-0.3, -0.25) is 0 Å². The van der Waals surface area contributed by atoms with Crippen molar-refractivity contribution in [2.24, 2.45) is 9.98 Å². The molecule has 0 saturated heterocycles. The van der Waals surface area contributed by atoms with Crippen LogP contribution in [0, 0.1) is 0 Å². The summed E-state index contributed by atoms with van der Waals surface area (Å²) in [4.78, 5) is 11.8. The first-order chi connectivity index (χ1) is 8.76. The number of aliphatic imine (C=N–C) groups is 2. The lowest BCUT2D eigenvalue weighted by Gasteiger charge is -2.30. The van der Waals surface area contributed by atoms with Gasteiger partial charge in [0.05, 0.1) is 6.73 Å². The predicted molar refractivity (Wildman–Crippen MR) is 70.0 cm³/mol. The molecule has 0 bridgehead atoms. The largest absolute Gasteiger partial charge is 0.381 e. The normalized spacial score (nSPS) is 18.7. The van der Waals surface area contributed by atoms with E-state index in [0.29, 0.717) is 12.5 Å². The molecule has 7 heteroatoms. The first-order valence-corrected chi connectivity index (χ1v) is 6.26. The highest BCUT2D eigenvalue weighted by Crippen LogP contribution is 2.05. The van der Waals surface area contributed by atoms with E-state index in [1.165, 1.54) is 0 Å². The standard InChI is InChI=1S/C11H22N5O2/c1-3-5-15(8-17)10-12-7-13-11(14-10)16(9-18)6-4-2/h10,17-18H,3-6,8-9H2,1-2H3,(H,12,13,14). The average Bonchev–Trinajstić information content (AvgIpc) is 2.42. The lowest BCUT2D eigenvalue weighted by molar-refractivity contribution is 0.0633. The first kappa shape index (κ1) is 14.9. The van der Waals surface area contributed by atoms with Gasteiger partial charge < -0.3 is 20.4 Å². The average molecular weight is 256 g/mol. The number of nitrogens with one attached hydrogen (secondary N) is 1. The molecular formula is C11H22N5O2. The lowest BCUT2D eigenvalue weighted by Crippen LogP contribution is -2.49. The zero-order valence-corrected chi connectivity index (χ0v) is 11.0. The zero-order chi connectivity index (χ0) is 13.4. The van der Waals surface area contributed by atoms with Gasteiger partial charge in [-0.15, -0.1) is 0 Å². The number of hydrogen-bond donors (Lipinski definition) is 3. The van der Waals surface area contributed by atoms with Crippen molar-refractivity contribution in [2.75, 3.05) is 26.6 Å². The molecule has 0 aromatic heterocycles. The molecule has 1 aliphatic rings. The minimum atomic E-state index is -0.381. The van der Waals surface area contributed by atoms with Gasteiger partial charge in [-0.1, -0.05) is 13.8 Å². The molecule has 18 heavy (non-hydrogen) atoms. The smallest absolute Gasteiger partial charge is 0.227 e. The lowest BCUT2D eigenvalue weighted by atomic mass is 10.4. The second kappa shape index (κ2) is 8.02. The summed E-state index contributed by atoms with van der Waals surface area (Å²) in [5, 5.41) is 21.4. The minimum Gasteiger partial charge on any atom is -0.381 e. The molecule has 0 aromatic rings. The summed E-state index contributed by atoms with van der Waals surface area (Å²) < 4.78 is 0. The number of aliphatic hydroxyl groups is 2. The molecule has 1 heterocycles. The highest BCUT2D eigenvalue weighted by molar-refractivity contribution is 5.88. The fourth-order valence-electron chi connectivity index (χ4n) is 1.70. The fraction of sp³-hybridized carbons (Fsp3) is 0.818. The van der Waals surface area contributed by atoms with Crippen LogP contribution in [-0.2, 0) is 0 Å². The van der Waals surface area contributed by atoms with Crippen LogP contribution < -0.4 is 5.32 Å². The summed E-state index contributed by atoms with van der Waals surface area (Å²) in [5.41, 5.74) is 0. The van der Waals surface area contributed by atoms with Gasteiger partial charge in [0.25, 0.3) is 0 Å². The Morgan fingerprint density at radius 3 is 2.50 bits per heavy atom. The second-order valence-electron chi connectivity index (χ2n) is 4.03. The third kappa shape index (κ3) is 3.94. The molecule has 0 spiro atoms. The summed E-state index contributed by atoms with van der Waals surface area (Å²) >= 11 is 0. The predicted octanol–water partition coefficient (Wildman–Crippen LogP) is -0.542. The van der Waals surface area contributed by atoms with Crippen LogP contribution in [-0.4, -0.2) is 65.2 Å². The molecule has 0 aliphatic carbocycles. The summed E-state index contributed by atoms with van der Waals surface area (Å²) in [6, 6.07) is 0. The number of hydrogen-bond acceptors (Lipinski definition) is 7. The van der Waals surface area contributed by atoms with E-state index in [1.54, 1.807) is 9.80 Å². The van der Waals surface area contributed by atoms with Gasteiger partial charge in [0.2, 0.25) is 5.96 Å². The molecular weight excluding hydrogens is 234 g/mol. The summed E-state index contributed by atoms with van der Waals surface area (Å²) in [6.07, 6.45) is 4.10. The molecule has 0 fully saturated rings. The number of aliphatic hydroxyl groups excluding tert-OH is 2. The van der Waals surface area contributed by atoms with Crippen molar-refractivity contribution in [1.29, 1.82) is 0 Å². The van der Waals surface area contributed by atoms with Gasteiger partial charge >= 0.3 is 0 Å². The Hall–Kier alpha value is -1.18. The van der Waals surface area contributed by atoms with Crippen molar-refractivity contribution in [3.63, 3.8) is 0 Å². The summed E-state index contributed by atoms with van der Waals surface area (Å²) in [6.45, 7) is 5.24. The maximum Gasteiger partial charge on any atom is 0.227 e. The SMILES string of the molecule is CCCN(CO)C1=NC(N(CO)CCC)N[C]=N1. The van der Waals surface area contributed by atoms with Crippen molar-refractivity contribution in [3.05, 3.63) is 0 Å². The van der Waals surface area contributed by atoms with Gasteiger partial charge in [0.1, 0.15) is 6.73 Å². The van der Waals surface area contributed by atoms with Crippen molar-refractivity contribution >= 4 is 12.3 Å². The monoisotopic (exact) mass is 256 g/mol. The molecule has 103 valence electrons. The van der Waals surface area contributed by atoms with Gasteiger partial charge in [-0.2, -0.15) is 4.99 Å². The number of guanidine groups is 1. The molecule has 1 rings (SSSR count). The van der Waals surface area contributed by atoms with Gasteiger partial charge in [-0.05, 0) is 12.8 Å². The molecule has 1 aliphatic heterocycles. The van der Waals surface area contributed by atoms with E-state index >= 15 is 0 Å². The topological polar surface area (TPSA) is 83.7 Å². The number of nitrogens with zero attached hydrogens (tertiary/aromatic N) is 4. The first-order valence-electron chi connectivity index (χ1n) is 6.26. The Kier molecular flexibility index (Phi) is 6.63. The Bertz CT molecular complexity index is 295. The van der Waals surface area contributed by atoms with E-state index in [4.69, 9.17) is 0 Å². The molecule has 1 radical (unpaired) electrons. The van der Waals surface area contributed by atoms with Gasteiger partial charge in [-0.25, -0.2) is 9.89 Å². The fourth-order valence-corrected chi connectivity index (χ4v) is 1.70. The molecule has 7 nitrogen and oxygen atoms in total. The van der Waals surface area contributed by atoms with Gasteiger partial charge in [0, 0.05) is 13.1 Å². The third-order valence-electron chi connectivity index (χ3n) is 2.57. The molecule has 3 N–H and O–H groups in total. The highest BCUT2D eigenvalue weighted by atomic mass is 16.3. The molecule has 0 aromatic carbocycles. The van der Waals surface area contributed by atoms with Crippen molar-refractivity contribution in [3.8, 4) is 0 Å². The van der Waals surface area contributed by atoms with Crippen LogP contribution >= 0.6 is 0 Å². The Labute approximate surface area is 108 Å². The van der Waals surface area contributed by atoms with E-state index in [2.05, 4.69) is 21.6 Å². The maximum atomic E-state index is 9.29. The van der Waals surface area contributed by atoms with Crippen LogP contribution in [0.25, 0.3) is 0 Å². The van der Waals surface area contributed by atoms with Crippen LogP contribution in [0.3, 0.4) is 0 Å². The van der Waals surface area contributed by atoms with Crippen LogP contribution in [0.2, 0.25) is 0 Å². The zero-order valence-electron chi connectivity index (χ0n) is 11.0. The minimum absolute atomic E-state index is 0.0864. The number of rotatable bonds is 7. The van der Waals surface area contributed by atoms with Gasteiger partial charge in [0.15, 0.2) is 12.6 Å².